The predicted octanol–water partition coefficient (Wildman–Crippen LogP) is 0.998. The number of hydrogen-bond donors (Lipinski definition) is 5. The third kappa shape index (κ3) is 4.60. The normalized spacial score (nSPS) is 14.3. The number of rotatable bonds is 8. The van der Waals surface area contributed by atoms with Crippen LogP contribution in [-0.4, -0.2) is 54.2 Å². The van der Waals surface area contributed by atoms with Gasteiger partial charge in [-0.15, -0.1) is 11.3 Å². The second-order valence-corrected chi connectivity index (χ2v) is 9.44. The number of thiophene rings is 1. The van der Waals surface area contributed by atoms with E-state index in [0.29, 0.717) is 21.5 Å². The van der Waals surface area contributed by atoms with Crippen molar-refractivity contribution in [3.05, 3.63) is 44.0 Å². The molecule has 0 aliphatic rings. The van der Waals surface area contributed by atoms with Gasteiger partial charge in [-0.3, -0.25) is 18.8 Å². The Hall–Kier alpha value is -2.99. The zero-order valence-electron chi connectivity index (χ0n) is 16.2. The second-order valence-electron chi connectivity index (χ2n) is 6.77. The maximum atomic E-state index is 12.5. The zero-order valence-corrected chi connectivity index (χ0v) is 17.9. The zero-order chi connectivity index (χ0) is 22.0. The van der Waals surface area contributed by atoms with E-state index in [1.807, 2.05) is 6.92 Å². The fourth-order valence-corrected chi connectivity index (χ4v) is 4.60. The number of hydrogen-bond acceptors (Lipinski definition) is 7. The summed E-state index contributed by atoms with van der Waals surface area (Å²) in [6.07, 6.45) is 3.24. The first-order chi connectivity index (χ1) is 14.2. The summed E-state index contributed by atoms with van der Waals surface area (Å²) in [6, 6.07) is 2.25. The third-order valence-electron chi connectivity index (χ3n) is 4.63. The van der Waals surface area contributed by atoms with Crippen LogP contribution < -0.4 is 16.6 Å². The summed E-state index contributed by atoms with van der Waals surface area (Å²) in [5.41, 5.74) is 6.30. The highest BCUT2D eigenvalue weighted by atomic mass is 32.2. The molecule has 3 atom stereocenters. The van der Waals surface area contributed by atoms with Gasteiger partial charge < -0.3 is 21.1 Å². The van der Waals surface area contributed by atoms with Gasteiger partial charge in [-0.05, 0) is 24.1 Å². The van der Waals surface area contributed by atoms with E-state index < -0.39 is 28.7 Å². The highest BCUT2D eigenvalue weighted by Gasteiger charge is 2.23. The van der Waals surface area contributed by atoms with Crippen LogP contribution in [0.2, 0.25) is 0 Å². The molecule has 0 aliphatic carbocycles. The molecule has 30 heavy (non-hydrogen) atoms. The Morgan fingerprint density at radius 1 is 1.40 bits per heavy atom. The average Bonchev–Trinajstić information content (AvgIpc) is 3.31. The smallest absolute Gasteiger partial charge is 0.326 e. The maximum absolute atomic E-state index is 12.5. The SMILES string of the molecule is CC(c1ccc(C(=O)N[C@@H](CCS(C)=O)C(=O)O)s1)c1c[nH]c2nc(N)[nH]c(=O)c12. The van der Waals surface area contributed by atoms with Gasteiger partial charge >= 0.3 is 5.97 Å². The molecule has 3 aromatic heterocycles. The number of aliphatic carboxylic acids is 1. The molecular formula is C18H21N5O5S2. The van der Waals surface area contributed by atoms with Crippen molar-refractivity contribution in [1.82, 2.24) is 20.3 Å². The first kappa shape index (κ1) is 21.7. The molecule has 3 aromatic rings. The number of aromatic nitrogens is 3. The molecule has 0 radical (unpaired) electrons. The van der Waals surface area contributed by atoms with Gasteiger partial charge in [0.2, 0.25) is 5.95 Å². The van der Waals surface area contributed by atoms with Crippen molar-refractivity contribution in [2.45, 2.75) is 25.3 Å². The summed E-state index contributed by atoms with van der Waals surface area (Å²) < 4.78 is 11.2. The van der Waals surface area contributed by atoms with Crippen LogP contribution in [0.1, 0.15) is 39.4 Å². The molecule has 0 aromatic carbocycles. The largest absolute Gasteiger partial charge is 0.480 e. The van der Waals surface area contributed by atoms with Gasteiger partial charge in [-0.1, -0.05) is 6.92 Å². The Bertz CT molecular complexity index is 1180. The summed E-state index contributed by atoms with van der Waals surface area (Å²) in [5, 5.41) is 12.2. The predicted molar refractivity (Wildman–Crippen MR) is 115 cm³/mol. The van der Waals surface area contributed by atoms with E-state index in [1.54, 1.807) is 18.3 Å². The molecule has 3 heterocycles. The van der Waals surface area contributed by atoms with Crippen molar-refractivity contribution in [2.75, 3.05) is 17.7 Å². The Balaban J connectivity index is 1.80. The fourth-order valence-electron chi connectivity index (χ4n) is 3.05. The van der Waals surface area contributed by atoms with Crippen molar-refractivity contribution >= 4 is 51.0 Å². The van der Waals surface area contributed by atoms with Crippen LogP contribution in [0, 0.1) is 0 Å². The fraction of sp³-hybridized carbons (Fsp3) is 0.333. The van der Waals surface area contributed by atoms with Crippen molar-refractivity contribution < 1.29 is 18.9 Å². The average molecular weight is 452 g/mol. The Labute approximate surface area is 177 Å². The van der Waals surface area contributed by atoms with Crippen LogP contribution in [0.3, 0.4) is 0 Å². The first-order valence-electron chi connectivity index (χ1n) is 8.97. The number of carbonyl (C=O) groups excluding carboxylic acids is 1. The van der Waals surface area contributed by atoms with Crippen molar-refractivity contribution in [3.63, 3.8) is 0 Å². The molecule has 0 saturated carbocycles. The van der Waals surface area contributed by atoms with Crippen LogP contribution in [0.5, 0.6) is 0 Å². The minimum absolute atomic E-state index is 0.0172. The standard InChI is InChI=1S/C18H21N5O5S2/c1-8(9-7-20-14-13(9)16(25)23-18(19)22-14)11-3-4-12(29-11)15(24)21-10(17(26)27)5-6-30(2)28/h3-4,7-8,10H,5-6H2,1-2H3,(H,21,24)(H,26,27)(H4,19,20,22,23,25)/t8?,10-,30?/m0/s1. The number of amides is 1. The molecule has 0 aliphatic heterocycles. The second kappa shape index (κ2) is 8.79. The van der Waals surface area contributed by atoms with Crippen LogP contribution in [0.15, 0.2) is 23.1 Å². The van der Waals surface area contributed by atoms with E-state index in [0.717, 1.165) is 4.88 Å². The summed E-state index contributed by atoms with van der Waals surface area (Å²) in [6.45, 7) is 1.89. The van der Waals surface area contributed by atoms with Crippen molar-refractivity contribution in [1.29, 1.82) is 0 Å². The number of carbonyl (C=O) groups is 2. The van der Waals surface area contributed by atoms with Crippen molar-refractivity contribution in [2.24, 2.45) is 0 Å². The molecule has 0 saturated heterocycles. The Kier molecular flexibility index (Phi) is 6.37. The lowest BCUT2D eigenvalue weighted by molar-refractivity contribution is -0.139. The summed E-state index contributed by atoms with van der Waals surface area (Å²) >= 11 is 1.21. The first-order valence-corrected chi connectivity index (χ1v) is 11.5. The Morgan fingerprint density at radius 2 is 2.13 bits per heavy atom. The van der Waals surface area contributed by atoms with E-state index in [4.69, 9.17) is 5.73 Å². The van der Waals surface area contributed by atoms with E-state index >= 15 is 0 Å². The van der Waals surface area contributed by atoms with Gasteiger partial charge in [0.1, 0.15) is 11.7 Å². The number of anilines is 1. The van der Waals surface area contributed by atoms with Crippen LogP contribution >= 0.6 is 11.3 Å². The summed E-state index contributed by atoms with van der Waals surface area (Å²) in [4.78, 5) is 46.8. The molecule has 6 N–H and O–H groups in total. The van der Waals surface area contributed by atoms with Crippen molar-refractivity contribution in [3.8, 4) is 0 Å². The van der Waals surface area contributed by atoms with Gasteiger partial charge in [-0.2, -0.15) is 4.98 Å². The summed E-state index contributed by atoms with van der Waals surface area (Å²) in [5.74, 6) is -1.71. The number of nitrogens with zero attached hydrogens (tertiary/aromatic N) is 1. The van der Waals surface area contributed by atoms with E-state index in [-0.39, 0.29) is 29.6 Å². The molecule has 1 amide bonds. The summed E-state index contributed by atoms with van der Waals surface area (Å²) in [7, 11) is -1.15. The lowest BCUT2D eigenvalue weighted by Gasteiger charge is -2.13. The molecule has 0 spiro atoms. The van der Waals surface area contributed by atoms with Crippen LogP contribution in [0.4, 0.5) is 5.95 Å². The number of aromatic amines is 2. The van der Waals surface area contributed by atoms with E-state index in [2.05, 4.69) is 20.3 Å². The van der Waals surface area contributed by atoms with E-state index in [9.17, 15) is 23.7 Å². The number of carboxylic acid groups (broad SMARTS) is 1. The highest BCUT2D eigenvalue weighted by molar-refractivity contribution is 7.84. The number of carboxylic acids is 1. The van der Waals surface area contributed by atoms with Gasteiger partial charge in [0, 0.05) is 39.8 Å². The van der Waals surface area contributed by atoms with E-state index in [1.165, 1.54) is 17.6 Å². The molecule has 0 bridgehead atoms. The molecule has 12 heteroatoms. The lowest BCUT2D eigenvalue weighted by atomic mass is 10.0. The molecule has 3 rings (SSSR count). The Morgan fingerprint density at radius 3 is 2.80 bits per heavy atom. The molecule has 0 fully saturated rings. The minimum Gasteiger partial charge on any atom is -0.480 e. The number of nitrogens with one attached hydrogen (secondary N) is 3. The monoisotopic (exact) mass is 451 g/mol. The lowest BCUT2D eigenvalue weighted by Crippen LogP contribution is -2.41. The number of nitrogens with two attached hydrogens (primary N) is 1. The minimum atomic E-state index is -1.18. The number of fused-ring (bicyclic) bond motifs is 1. The molecule has 160 valence electrons. The topological polar surface area (TPSA) is 171 Å². The van der Waals surface area contributed by atoms with Gasteiger partial charge in [0.25, 0.3) is 11.5 Å². The van der Waals surface area contributed by atoms with Gasteiger partial charge in [0.05, 0.1) is 10.3 Å². The number of H-pyrrole nitrogens is 2. The number of nitrogen functional groups attached to an aromatic ring is 1. The third-order valence-corrected chi connectivity index (χ3v) is 6.71. The molecule has 2 unspecified atom stereocenters. The molecular weight excluding hydrogens is 430 g/mol. The van der Waals surface area contributed by atoms with Gasteiger partial charge in [0.15, 0.2) is 0 Å². The maximum Gasteiger partial charge on any atom is 0.326 e. The highest BCUT2D eigenvalue weighted by Crippen LogP contribution is 2.32. The van der Waals surface area contributed by atoms with Crippen LogP contribution in [0.25, 0.3) is 11.0 Å². The quantitative estimate of drug-likeness (QED) is 0.340. The van der Waals surface area contributed by atoms with Gasteiger partial charge in [-0.25, -0.2) is 4.79 Å². The molecule has 10 nitrogen and oxygen atoms in total. The van der Waals surface area contributed by atoms with Crippen LogP contribution in [-0.2, 0) is 15.6 Å².